The van der Waals surface area contributed by atoms with Gasteiger partial charge in [0, 0.05) is 55.1 Å². The number of hydrogen-bond acceptors (Lipinski definition) is 8. The van der Waals surface area contributed by atoms with Crippen LogP contribution in [0.3, 0.4) is 0 Å². The summed E-state index contributed by atoms with van der Waals surface area (Å²) in [5.74, 6) is 0.00779. The van der Waals surface area contributed by atoms with Gasteiger partial charge in [0.1, 0.15) is 5.78 Å². The first kappa shape index (κ1) is 28.6. The minimum Gasteiger partial charge on any atom is -0.356 e. The van der Waals surface area contributed by atoms with Crippen LogP contribution in [0.1, 0.15) is 74.2 Å². The van der Waals surface area contributed by atoms with Crippen molar-refractivity contribution in [3.8, 4) is 0 Å². The number of imide groups is 1. The van der Waals surface area contributed by atoms with Crippen molar-refractivity contribution < 1.29 is 38.1 Å². The Hall–Kier alpha value is -2.92. The van der Waals surface area contributed by atoms with E-state index < -0.39 is 12.6 Å². The van der Waals surface area contributed by atoms with Crippen molar-refractivity contribution in [3.05, 3.63) is 47.0 Å². The molecule has 216 valence electrons. The summed E-state index contributed by atoms with van der Waals surface area (Å²) in [6.45, 7) is 3.10. The second-order valence-electron chi connectivity index (χ2n) is 10.9. The summed E-state index contributed by atoms with van der Waals surface area (Å²) in [5, 5.41) is 3.08. The van der Waals surface area contributed by atoms with Gasteiger partial charge in [0.05, 0.1) is 26.4 Å². The minimum atomic E-state index is -0.450. The lowest BCUT2D eigenvalue weighted by Gasteiger charge is -2.28. The first-order chi connectivity index (χ1) is 19.5. The zero-order chi connectivity index (χ0) is 27.9. The molecule has 3 amide bonds. The van der Waals surface area contributed by atoms with Crippen molar-refractivity contribution in [3.63, 3.8) is 0 Å². The van der Waals surface area contributed by atoms with Crippen LogP contribution in [-0.4, -0.2) is 67.9 Å². The first-order valence-corrected chi connectivity index (χ1v) is 14.4. The molecule has 1 N–H and O–H groups in total. The fraction of sp³-hybridized carbons (Fsp3) is 0.600. The molecule has 1 aromatic rings. The van der Waals surface area contributed by atoms with Crippen molar-refractivity contribution in [1.29, 1.82) is 0 Å². The molecule has 2 saturated heterocycles. The van der Waals surface area contributed by atoms with Crippen LogP contribution in [0.4, 0.5) is 0 Å². The zero-order valence-corrected chi connectivity index (χ0v) is 22.8. The van der Waals surface area contributed by atoms with Crippen LogP contribution in [0.25, 0.3) is 0 Å². The predicted octanol–water partition coefficient (Wildman–Crippen LogP) is 2.91. The molecule has 0 spiro atoms. The summed E-state index contributed by atoms with van der Waals surface area (Å²) >= 11 is 0. The molecule has 1 aromatic carbocycles. The van der Waals surface area contributed by atoms with Crippen LogP contribution in [0.15, 0.2) is 30.4 Å². The van der Waals surface area contributed by atoms with Crippen LogP contribution in [0.5, 0.6) is 0 Å². The van der Waals surface area contributed by atoms with Gasteiger partial charge in [0.25, 0.3) is 11.8 Å². The van der Waals surface area contributed by atoms with Gasteiger partial charge in [0.15, 0.2) is 12.6 Å². The first-order valence-electron chi connectivity index (χ1n) is 14.4. The molecular weight excluding hydrogens is 516 g/mol. The molecule has 0 radical (unpaired) electrons. The maximum Gasteiger partial charge on any atom is 0.253 e. The van der Waals surface area contributed by atoms with E-state index in [0.29, 0.717) is 64.6 Å². The number of ketones is 1. The molecule has 5 rings (SSSR count). The topological polar surface area (TPSA) is 120 Å². The van der Waals surface area contributed by atoms with Gasteiger partial charge in [-0.05, 0) is 50.0 Å². The number of carbonyl (C=O) groups excluding carboxylic acids is 4. The molecular formula is C30H38N2O8. The Morgan fingerprint density at radius 3 is 2.10 bits per heavy atom. The van der Waals surface area contributed by atoms with Gasteiger partial charge in [-0.2, -0.15) is 0 Å². The number of nitrogens with one attached hydrogen (secondary N) is 1. The van der Waals surface area contributed by atoms with Crippen LogP contribution < -0.4 is 5.32 Å². The number of ether oxygens (including phenoxy) is 4. The van der Waals surface area contributed by atoms with E-state index >= 15 is 0 Å². The zero-order valence-electron chi connectivity index (χ0n) is 22.8. The minimum absolute atomic E-state index is 0.0140. The Balaban J connectivity index is 1.01. The highest BCUT2D eigenvalue weighted by Crippen LogP contribution is 2.34. The highest BCUT2D eigenvalue weighted by Gasteiger charge is 2.29. The third kappa shape index (κ3) is 7.23. The van der Waals surface area contributed by atoms with E-state index in [2.05, 4.69) is 5.32 Å². The third-order valence-corrected chi connectivity index (χ3v) is 8.14. The third-order valence-electron chi connectivity index (χ3n) is 8.14. The molecule has 10 heteroatoms. The van der Waals surface area contributed by atoms with E-state index in [4.69, 9.17) is 18.9 Å². The van der Waals surface area contributed by atoms with Gasteiger partial charge >= 0.3 is 0 Å². The highest BCUT2D eigenvalue weighted by atomic mass is 16.7. The summed E-state index contributed by atoms with van der Waals surface area (Å²) in [4.78, 5) is 49.7. The van der Waals surface area contributed by atoms with Crippen molar-refractivity contribution in [2.24, 2.45) is 11.8 Å². The molecule has 3 aliphatic heterocycles. The predicted molar refractivity (Wildman–Crippen MR) is 143 cm³/mol. The molecule has 1 aliphatic carbocycles. The summed E-state index contributed by atoms with van der Waals surface area (Å²) < 4.78 is 22.8. The highest BCUT2D eigenvalue weighted by molar-refractivity contribution is 6.12. The SMILES string of the molecule is O=C(CCc1ccc(C2OCCO2)c(C2OCCO2)c1)NCC1CCC(C(=O)CCCN2C(=O)C=CC2=O)CC1. The van der Waals surface area contributed by atoms with Crippen molar-refractivity contribution in [2.75, 3.05) is 39.5 Å². The second kappa shape index (κ2) is 13.6. The average molecular weight is 555 g/mol. The van der Waals surface area contributed by atoms with Gasteiger partial charge in [-0.3, -0.25) is 24.1 Å². The summed E-state index contributed by atoms with van der Waals surface area (Å²) in [6, 6.07) is 6.01. The van der Waals surface area contributed by atoms with Gasteiger partial charge in [-0.25, -0.2) is 0 Å². The number of benzene rings is 1. The second-order valence-corrected chi connectivity index (χ2v) is 10.9. The summed E-state index contributed by atoms with van der Waals surface area (Å²) in [7, 11) is 0. The molecule has 0 aromatic heterocycles. The Labute approximate surface area is 234 Å². The van der Waals surface area contributed by atoms with E-state index in [1.54, 1.807) is 0 Å². The molecule has 40 heavy (non-hydrogen) atoms. The van der Waals surface area contributed by atoms with E-state index in [1.807, 2.05) is 18.2 Å². The summed E-state index contributed by atoms with van der Waals surface area (Å²) in [5.41, 5.74) is 2.82. The van der Waals surface area contributed by atoms with E-state index in [0.717, 1.165) is 42.4 Å². The van der Waals surface area contributed by atoms with E-state index in [1.165, 1.54) is 17.1 Å². The largest absolute Gasteiger partial charge is 0.356 e. The standard InChI is InChI=1S/C30H38N2O8/c33-25(2-1-13-32-27(35)11-12-28(32)36)22-7-3-21(4-8-22)19-31-26(34)10-6-20-5-9-23(29-37-14-15-38-29)24(18-20)30-39-16-17-40-30/h5,9,11-12,18,21-22,29-30H,1-4,6-8,10,13-17,19H2,(H,31,34). The molecule has 0 unspecified atom stereocenters. The molecule has 10 nitrogen and oxygen atoms in total. The lowest BCUT2D eigenvalue weighted by atomic mass is 9.79. The number of aryl methyl sites for hydroxylation is 1. The molecule has 3 heterocycles. The Morgan fingerprint density at radius 1 is 0.825 bits per heavy atom. The van der Waals surface area contributed by atoms with Crippen LogP contribution >= 0.6 is 0 Å². The number of rotatable bonds is 12. The van der Waals surface area contributed by atoms with Gasteiger partial charge < -0.3 is 24.3 Å². The van der Waals surface area contributed by atoms with E-state index in [-0.39, 0.29) is 36.0 Å². The molecule has 0 bridgehead atoms. The van der Waals surface area contributed by atoms with Crippen molar-refractivity contribution in [1.82, 2.24) is 10.2 Å². The van der Waals surface area contributed by atoms with Crippen molar-refractivity contribution >= 4 is 23.5 Å². The maximum absolute atomic E-state index is 12.6. The molecule has 0 atom stereocenters. The lowest BCUT2D eigenvalue weighted by Crippen LogP contribution is -2.33. The van der Waals surface area contributed by atoms with Crippen LogP contribution in [0.2, 0.25) is 0 Å². The maximum atomic E-state index is 12.6. The summed E-state index contributed by atoms with van der Waals surface area (Å²) in [6.07, 6.45) is 6.97. The smallest absolute Gasteiger partial charge is 0.253 e. The van der Waals surface area contributed by atoms with Crippen LogP contribution in [-0.2, 0) is 44.5 Å². The number of nitrogens with zero attached hydrogens (tertiary/aromatic N) is 1. The van der Waals surface area contributed by atoms with Gasteiger partial charge in [-0.15, -0.1) is 0 Å². The quantitative estimate of drug-likeness (QED) is 0.392. The van der Waals surface area contributed by atoms with Crippen LogP contribution in [0, 0.1) is 11.8 Å². The Morgan fingerprint density at radius 2 is 1.45 bits per heavy atom. The number of carbonyl (C=O) groups is 4. The Kier molecular flexibility index (Phi) is 9.74. The van der Waals surface area contributed by atoms with E-state index in [9.17, 15) is 19.2 Å². The number of Topliss-reactive ketones (excluding diaryl/α,β-unsaturated/α-hetero) is 1. The van der Waals surface area contributed by atoms with Gasteiger partial charge in [-0.1, -0.05) is 18.2 Å². The Bertz CT molecular complexity index is 1100. The molecule has 1 saturated carbocycles. The number of amides is 3. The average Bonchev–Trinajstić information content (AvgIpc) is 3.76. The molecule has 4 aliphatic rings. The lowest BCUT2D eigenvalue weighted by molar-refractivity contribution is -0.137. The fourth-order valence-electron chi connectivity index (χ4n) is 5.83. The van der Waals surface area contributed by atoms with Gasteiger partial charge in [0.2, 0.25) is 5.91 Å². The normalized spacial score (nSPS) is 23.9. The monoisotopic (exact) mass is 554 g/mol. The van der Waals surface area contributed by atoms with Crippen molar-refractivity contribution in [2.45, 2.75) is 63.9 Å². The molecule has 3 fully saturated rings. The number of hydrogen-bond donors (Lipinski definition) is 1. The fourth-order valence-corrected chi connectivity index (χ4v) is 5.83.